The summed E-state index contributed by atoms with van der Waals surface area (Å²) in [4.78, 5) is 64.2. The van der Waals surface area contributed by atoms with E-state index in [1.54, 1.807) is 48.5 Å². The molecule has 44 heavy (non-hydrogen) atoms. The van der Waals surface area contributed by atoms with E-state index < -0.39 is 28.4 Å². The van der Waals surface area contributed by atoms with Gasteiger partial charge >= 0.3 is 5.97 Å². The molecule has 0 saturated heterocycles. The first kappa shape index (κ1) is 29.9. The molecule has 0 saturated carbocycles. The monoisotopic (exact) mass is 595 g/mol. The number of benzene rings is 3. The predicted octanol–water partition coefficient (Wildman–Crippen LogP) is 4.36. The molecule has 11 heteroatoms. The Hall–Kier alpha value is -5.58. The first-order valence-electron chi connectivity index (χ1n) is 14.0. The van der Waals surface area contributed by atoms with Gasteiger partial charge in [0.15, 0.2) is 5.78 Å². The van der Waals surface area contributed by atoms with Crippen molar-refractivity contribution in [3.63, 3.8) is 0 Å². The molecule has 0 bridgehead atoms. The lowest BCUT2D eigenvalue weighted by atomic mass is 9.92. The summed E-state index contributed by atoms with van der Waals surface area (Å²) in [6, 6.07) is 21.4. The molecule has 4 aromatic rings. The summed E-state index contributed by atoms with van der Waals surface area (Å²) in [6.07, 6.45) is 1.42. The number of ketones is 1. The zero-order chi connectivity index (χ0) is 31.2. The number of hydrogen-bond acceptors (Lipinski definition) is 8. The molecule has 1 aromatic heterocycles. The predicted molar refractivity (Wildman–Crippen MR) is 160 cm³/mol. The molecule has 224 valence electrons. The highest BCUT2D eigenvalue weighted by Crippen LogP contribution is 2.25. The Bertz CT molecular complexity index is 1760. The van der Waals surface area contributed by atoms with Crippen LogP contribution in [0.4, 0.5) is 5.69 Å². The molecule has 0 radical (unpaired) electrons. The number of fused-ring (bicyclic) bond motifs is 1. The minimum absolute atomic E-state index is 0.0716. The summed E-state index contributed by atoms with van der Waals surface area (Å²) < 4.78 is 12.1. The van der Waals surface area contributed by atoms with Crippen molar-refractivity contribution in [1.29, 1.82) is 0 Å². The van der Waals surface area contributed by atoms with Crippen molar-refractivity contribution >= 4 is 23.3 Å². The van der Waals surface area contributed by atoms with Gasteiger partial charge < -0.3 is 14.8 Å². The van der Waals surface area contributed by atoms with Gasteiger partial charge in [-0.1, -0.05) is 30.3 Å². The Kier molecular flexibility index (Phi) is 8.94. The maximum Gasteiger partial charge on any atom is 0.329 e. The molecule has 1 atom stereocenters. The van der Waals surface area contributed by atoms with Gasteiger partial charge in [-0.2, -0.15) is 0 Å². The van der Waals surface area contributed by atoms with E-state index in [4.69, 9.17) is 9.47 Å². The maximum absolute atomic E-state index is 13.8. The van der Waals surface area contributed by atoms with Crippen molar-refractivity contribution in [2.24, 2.45) is 0 Å². The quantitative estimate of drug-likeness (QED) is 0.162. The molecule has 3 aromatic carbocycles. The number of esters is 1. The fourth-order valence-electron chi connectivity index (χ4n) is 5.11. The Morgan fingerprint density at radius 2 is 1.66 bits per heavy atom. The number of nitrogens with one attached hydrogen (secondary N) is 1. The van der Waals surface area contributed by atoms with Gasteiger partial charge in [-0.25, -0.2) is 4.79 Å². The third-order valence-corrected chi connectivity index (χ3v) is 7.40. The third kappa shape index (κ3) is 6.57. The number of ether oxygens (including phenoxy) is 2. The fourth-order valence-corrected chi connectivity index (χ4v) is 5.11. The smallest absolute Gasteiger partial charge is 0.329 e. The van der Waals surface area contributed by atoms with Gasteiger partial charge in [-0.3, -0.25) is 29.1 Å². The highest BCUT2D eigenvalue weighted by Gasteiger charge is 2.29. The number of non-ortho nitro benzene ring substituents is 1. The fraction of sp³-hybridized carbons (Fsp3) is 0.212. The average molecular weight is 596 g/mol. The summed E-state index contributed by atoms with van der Waals surface area (Å²) in [5, 5.41) is 13.6. The van der Waals surface area contributed by atoms with Crippen LogP contribution in [-0.4, -0.2) is 40.3 Å². The summed E-state index contributed by atoms with van der Waals surface area (Å²) in [7, 11) is 1.52. The van der Waals surface area contributed by atoms with Crippen LogP contribution in [0.5, 0.6) is 5.75 Å². The number of amides is 1. The number of Topliss-reactive ketones (excluding diaryl/α,β-unsaturated/α-hetero) is 1. The first-order chi connectivity index (χ1) is 21.2. The van der Waals surface area contributed by atoms with Gasteiger partial charge in [0, 0.05) is 41.9 Å². The molecule has 1 heterocycles. The highest BCUT2D eigenvalue weighted by molar-refractivity contribution is 6.02. The van der Waals surface area contributed by atoms with Crippen LogP contribution in [0.25, 0.3) is 5.69 Å². The molecule has 1 amide bonds. The second kappa shape index (κ2) is 13.2. The van der Waals surface area contributed by atoms with Gasteiger partial charge in [0.2, 0.25) is 0 Å². The van der Waals surface area contributed by atoms with Crippen LogP contribution >= 0.6 is 0 Å². The summed E-state index contributed by atoms with van der Waals surface area (Å²) in [6.45, 7) is -0.185. The van der Waals surface area contributed by atoms with Crippen LogP contribution in [0.2, 0.25) is 0 Å². The van der Waals surface area contributed by atoms with Gasteiger partial charge in [0.25, 0.3) is 17.2 Å². The Morgan fingerprint density at radius 3 is 2.32 bits per heavy atom. The molecule has 11 nitrogen and oxygen atoms in total. The number of methoxy groups -OCH3 is 1. The number of nitro groups is 1. The summed E-state index contributed by atoms with van der Waals surface area (Å²) in [5.74, 6) is -1.18. The lowest BCUT2D eigenvalue weighted by Gasteiger charge is -2.23. The van der Waals surface area contributed by atoms with Gasteiger partial charge in [0.1, 0.15) is 24.0 Å². The Balaban J connectivity index is 1.45. The van der Waals surface area contributed by atoms with Crippen LogP contribution in [0.3, 0.4) is 0 Å². The number of nitro benzene ring substituents is 1. The summed E-state index contributed by atoms with van der Waals surface area (Å²) >= 11 is 0. The number of nitrogens with zero attached hydrogens (tertiary/aromatic N) is 2. The second-order valence-corrected chi connectivity index (χ2v) is 10.3. The van der Waals surface area contributed by atoms with Crippen molar-refractivity contribution in [3.8, 4) is 11.4 Å². The van der Waals surface area contributed by atoms with Crippen LogP contribution in [-0.2, 0) is 29.0 Å². The van der Waals surface area contributed by atoms with Crippen molar-refractivity contribution in [2.45, 2.75) is 38.3 Å². The number of pyridine rings is 1. The lowest BCUT2D eigenvalue weighted by molar-refractivity contribution is -0.384. The van der Waals surface area contributed by atoms with Crippen molar-refractivity contribution < 1.29 is 28.8 Å². The number of rotatable bonds is 10. The van der Waals surface area contributed by atoms with E-state index in [0.717, 1.165) is 5.56 Å². The normalized spacial score (nSPS) is 13.0. The van der Waals surface area contributed by atoms with E-state index in [-0.39, 0.29) is 35.6 Å². The standard InChI is InChI=1S/C33H29N3O8/c1-43-25-16-14-23(15-17-25)35-29-8-5-9-30(37)26(29)19-27(32(35)39)31(38)34-28(18-21-6-3-2-4-7-21)33(40)44-20-22-10-12-24(13-11-22)36(41)42/h2-4,6-7,10-17,19,28H,5,8-9,18,20H2,1H3,(H,34,38). The van der Waals surface area contributed by atoms with E-state index in [2.05, 4.69) is 5.32 Å². The largest absolute Gasteiger partial charge is 0.497 e. The zero-order valence-electron chi connectivity index (χ0n) is 23.9. The number of aromatic nitrogens is 1. The van der Waals surface area contributed by atoms with Crippen LogP contribution < -0.4 is 15.6 Å². The average Bonchev–Trinajstić information content (AvgIpc) is 3.04. The topological polar surface area (TPSA) is 147 Å². The van der Waals surface area contributed by atoms with Crippen molar-refractivity contribution in [3.05, 3.63) is 133 Å². The van der Waals surface area contributed by atoms with E-state index in [1.165, 1.54) is 42.0 Å². The maximum atomic E-state index is 13.8. The molecule has 1 aliphatic rings. The van der Waals surface area contributed by atoms with Crippen molar-refractivity contribution in [2.75, 3.05) is 7.11 Å². The number of carbonyl (C=O) groups is 3. The Labute approximate surface area is 252 Å². The van der Waals surface area contributed by atoms with E-state index in [9.17, 15) is 29.3 Å². The molecule has 0 fully saturated rings. The zero-order valence-corrected chi connectivity index (χ0v) is 23.9. The second-order valence-electron chi connectivity index (χ2n) is 10.3. The van der Waals surface area contributed by atoms with Gasteiger partial charge in [-0.15, -0.1) is 0 Å². The first-order valence-corrected chi connectivity index (χ1v) is 14.0. The minimum Gasteiger partial charge on any atom is -0.497 e. The SMILES string of the molecule is COc1ccc(-n2c3c(cc(C(=O)NC(Cc4ccccc4)C(=O)OCc4ccc([N+](=O)[O-])cc4)c2=O)C(=O)CCC3)cc1. The lowest BCUT2D eigenvalue weighted by Crippen LogP contribution is -2.45. The highest BCUT2D eigenvalue weighted by atomic mass is 16.6. The molecule has 1 unspecified atom stereocenters. The number of carbonyl (C=O) groups excluding carboxylic acids is 3. The molecule has 0 aliphatic heterocycles. The molecule has 0 spiro atoms. The van der Waals surface area contributed by atoms with Gasteiger partial charge in [-0.05, 0) is 66.4 Å². The van der Waals surface area contributed by atoms with E-state index in [0.29, 0.717) is 42.0 Å². The van der Waals surface area contributed by atoms with E-state index >= 15 is 0 Å². The molecule has 1 aliphatic carbocycles. The molecule has 1 N–H and O–H groups in total. The minimum atomic E-state index is -1.18. The Morgan fingerprint density at radius 1 is 0.955 bits per heavy atom. The van der Waals surface area contributed by atoms with E-state index in [1.807, 2.05) is 6.07 Å². The molecular weight excluding hydrogens is 566 g/mol. The summed E-state index contributed by atoms with van der Waals surface area (Å²) in [5.41, 5.74) is 1.53. The van der Waals surface area contributed by atoms with Crippen molar-refractivity contribution in [1.82, 2.24) is 9.88 Å². The number of hydrogen-bond donors (Lipinski definition) is 1. The molecular formula is C33H29N3O8. The van der Waals surface area contributed by atoms with Gasteiger partial charge in [0.05, 0.1) is 12.0 Å². The third-order valence-electron chi connectivity index (χ3n) is 7.40. The van der Waals surface area contributed by atoms with Crippen LogP contribution in [0.15, 0.2) is 89.7 Å². The molecule has 5 rings (SSSR count). The van der Waals surface area contributed by atoms with Crippen LogP contribution in [0.1, 0.15) is 50.4 Å². The van der Waals surface area contributed by atoms with Crippen LogP contribution in [0, 0.1) is 10.1 Å².